The molecule has 0 saturated heterocycles. The van der Waals surface area contributed by atoms with Crippen molar-refractivity contribution in [3.05, 3.63) is 29.3 Å². The number of hydrogen-bond donors (Lipinski definition) is 2. The van der Waals surface area contributed by atoms with Crippen LogP contribution in [0, 0.1) is 19.8 Å². The van der Waals surface area contributed by atoms with Gasteiger partial charge in [-0.15, -0.1) is 0 Å². The molecule has 120 valence electrons. The van der Waals surface area contributed by atoms with Crippen molar-refractivity contribution in [2.75, 3.05) is 11.9 Å². The van der Waals surface area contributed by atoms with E-state index in [1.165, 1.54) is 32.1 Å². The normalized spacial score (nSPS) is 15.4. The second-order valence-corrected chi connectivity index (χ2v) is 6.38. The van der Waals surface area contributed by atoms with Gasteiger partial charge in [-0.25, -0.2) is 0 Å². The van der Waals surface area contributed by atoms with Gasteiger partial charge < -0.3 is 10.6 Å². The van der Waals surface area contributed by atoms with Gasteiger partial charge in [0.2, 0.25) is 0 Å². The van der Waals surface area contributed by atoms with Crippen molar-refractivity contribution in [3.63, 3.8) is 0 Å². The Morgan fingerprint density at radius 2 is 1.64 bits per heavy atom. The zero-order chi connectivity index (χ0) is 15.9. The van der Waals surface area contributed by atoms with Gasteiger partial charge in [-0.3, -0.25) is 9.59 Å². The summed E-state index contributed by atoms with van der Waals surface area (Å²) in [4.78, 5) is 23.7. The third-order valence-corrected chi connectivity index (χ3v) is 4.25. The minimum atomic E-state index is -0.589. The molecule has 2 amide bonds. The van der Waals surface area contributed by atoms with Crippen LogP contribution in [0.25, 0.3) is 0 Å². The standard InChI is InChI=1S/C18H26N2O2/c1-13-10-14(2)12-16(11-13)20-18(22)17(21)19-9-8-15-6-4-3-5-7-15/h10-12,15H,3-9H2,1-2H3,(H,19,21)(H,20,22). The van der Waals surface area contributed by atoms with Gasteiger partial charge in [-0.2, -0.15) is 0 Å². The number of rotatable bonds is 4. The lowest BCUT2D eigenvalue weighted by Gasteiger charge is -2.21. The summed E-state index contributed by atoms with van der Waals surface area (Å²) in [7, 11) is 0. The van der Waals surface area contributed by atoms with Crippen LogP contribution in [-0.4, -0.2) is 18.4 Å². The maximum absolute atomic E-state index is 11.9. The number of carbonyl (C=O) groups is 2. The van der Waals surface area contributed by atoms with E-state index in [2.05, 4.69) is 10.6 Å². The third-order valence-electron chi connectivity index (χ3n) is 4.25. The molecule has 1 aromatic rings. The lowest BCUT2D eigenvalue weighted by Crippen LogP contribution is -2.36. The maximum Gasteiger partial charge on any atom is 0.313 e. The molecule has 0 spiro atoms. The molecule has 0 radical (unpaired) electrons. The van der Waals surface area contributed by atoms with E-state index in [1.807, 2.05) is 32.0 Å². The Kier molecular flexibility index (Phi) is 5.99. The van der Waals surface area contributed by atoms with Crippen molar-refractivity contribution in [1.82, 2.24) is 5.32 Å². The van der Waals surface area contributed by atoms with Gasteiger partial charge in [0.1, 0.15) is 0 Å². The van der Waals surface area contributed by atoms with Gasteiger partial charge in [0, 0.05) is 12.2 Å². The van der Waals surface area contributed by atoms with Crippen LogP contribution in [0.15, 0.2) is 18.2 Å². The van der Waals surface area contributed by atoms with Crippen molar-refractivity contribution in [1.29, 1.82) is 0 Å². The van der Waals surface area contributed by atoms with Gasteiger partial charge in [0.15, 0.2) is 0 Å². The molecule has 1 fully saturated rings. The first-order valence-corrected chi connectivity index (χ1v) is 8.22. The van der Waals surface area contributed by atoms with Crippen LogP contribution in [0.5, 0.6) is 0 Å². The van der Waals surface area contributed by atoms with E-state index < -0.39 is 11.8 Å². The number of hydrogen-bond acceptors (Lipinski definition) is 2. The number of amides is 2. The summed E-state index contributed by atoms with van der Waals surface area (Å²) in [6.45, 7) is 4.52. The molecule has 0 unspecified atom stereocenters. The lowest BCUT2D eigenvalue weighted by atomic mass is 9.87. The molecule has 0 atom stereocenters. The summed E-state index contributed by atoms with van der Waals surface area (Å²) in [5.41, 5.74) is 2.80. The van der Waals surface area contributed by atoms with E-state index in [1.54, 1.807) is 0 Å². The molecule has 1 aromatic carbocycles. The van der Waals surface area contributed by atoms with E-state index in [0.717, 1.165) is 17.5 Å². The van der Waals surface area contributed by atoms with Crippen LogP contribution >= 0.6 is 0 Å². The molecule has 2 N–H and O–H groups in total. The summed E-state index contributed by atoms with van der Waals surface area (Å²) in [5.74, 6) is -0.430. The largest absolute Gasteiger partial charge is 0.348 e. The number of benzene rings is 1. The fourth-order valence-electron chi connectivity index (χ4n) is 3.18. The van der Waals surface area contributed by atoms with Gasteiger partial charge in [-0.1, -0.05) is 38.2 Å². The fourth-order valence-corrected chi connectivity index (χ4v) is 3.18. The second kappa shape index (κ2) is 7.97. The van der Waals surface area contributed by atoms with Gasteiger partial charge >= 0.3 is 11.8 Å². The monoisotopic (exact) mass is 302 g/mol. The van der Waals surface area contributed by atoms with E-state index in [0.29, 0.717) is 18.2 Å². The molecule has 1 aliphatic carbocycles. The van der Waals surface area contributed by atoms with Gasteiger partial charge in [0.25, 0.3) is 0 Å². The highest BCUT2D eigenvalue weighted by Crippen LogP contribution is 2.25. The molecular weight excluding hydrogens is 276 g/mol. The molecular formula is C18H26N2O2. The van der Waals surface area contributed by atoms with Crippen LogP contribution in [-0.2, 0) is 9.59 Å². The first kappa shape index (κ1) is 16.5. The Hall–Kier alpha value is -1.84. The quantitative estimate of drug-likeness (QED) is 0.838. The SMILES string of the molecule is Cc1cc(C)cc(NC(=O)C(=O)NCCC2CCCCC2)c1. The molecule has 0 aromatic heterocycles. The zero-order valence-corrected chi connectivity index (χ0v) is 13.6. The summed E-state index contributed by atoms with van der Waals surface area (Å²) in [6, 6.07) is 5.75. The molecule has 4 nitrogen and oxygen atoms in total. The van der Waals surface area contributed by atoms with Crippen LogP contribution < -0.4 is 10.6 Å². The molecule has 22 heavy (non-hydrogen) atoms. The molecule has 0 heterocycles. The van der Waals surface area contributed by atoms with E-state index in [-0.39, 0.29) is 0 Å². The highest BCUT2D eigenvalue weighted by Gasteiger charge is 2.16. The van der Waals surface area contributed by atoms with Crippen LogP contribution in [0.3, 0.4) is 0 Å². The van der Waals surface area contributed by atoms with Gasteiger partial charge in [-0.05, 0) is 49.4 Å². The smallest absolute Gasteiger partial charge is 0.313 e. The van der Waals surface area contributed by atoms with E-state index in [9.17, 15) is 9.59 Å². The average molecular weight is 302 g/mol. The number of anilines is 1. The van der Waals surface area contributed by atoms with Crippen molar-refractivity contribution >= 4 is 17.5 Å². The molecule has 2 rings (SSSR count). The summed E-state index contributed by atoms with van der Waals surface area (Å²) in [5, 5.41) is 5.39. The maximum atomic E-state index is 11.9. The van der Waals surface area contributed by atoms with Crippen LogP contribution in [0.4, 0.5) is 5.69 Å². The average Bonchev–Trinajstić information content (AvgIpc) is 2.47. The van der Waals surface area contributed by atoms with E-state index in [4.69, 9.17) is 0 Å². The molecule has 0 bridgehead atoms. The first-order chi connectivity index (χ1) is 10.5. The van der Waals surface area contributed by atoms with Crippen LogP contribution in [0.2, 0.25) is 0 Å². The fraction of sp³-hybridized carbons (Fsp3) is 0.556. The molecule has 1 saturated carbocycles. The van der Waals surface area contributed by atoms with Crippen LogP contribution in [0.1, 0.15) is 49.7 Å². The third kappa shape index (κ3) is 5.17. The predicted molar refractivity (Wildman–Crippen MR) is 88.7 cm³/mol. The molecule has 1 aliphatic rings. The highest BCUT2D eigenvalue weighted by molar-refractivity contribution is 6.39. The van der Waals surface area contributed by atoms with Gasteiger partial charge in [0.05, 0.1) is 0 Å². The number of aryl methyl sites for hydroxylation is 2. The Labute approximate surface area is 132 Å². The lowest BCUT2D eigenvalue weighted by molar-refractivity contribution is -0.136. The minimum Gasteiger partial charge on any atom is -0.348 e. The zero-order valence-electron chi connectivity index (χ0n) is 13.6. The van der Waals surface area contributed by atoms with Crippen molar-refractivity contribution < 1.29 is 9.59 Å². The van der Waals surface area contributed by atoms with E-state index >= 15 is 0 Å². The highest BCUT2D eigenvalue weighted by atomic mass is 16.2. The number of carbonyl (C=O) groups excluding carboxylic acids is 2. The molecule has 4 heteroatoms. The molecule has 0 aliphatic heterocycles. The Bertz CT molecular complexity index is 514. The number of nitrogens with one attached hydrogen (secondary N) is 2. The topological polar surface area (TPSA) is 58.2 Å². The first-order valence-electron chi connectivity index (χ1n) is 8.22. The summed E-state index contributed by atoms with van der Waals surface area (Å²) < 4.78 is 0. The van der Waals surface area contributed by atoms with Crippen molar-refractivity contribution in [3.8, 4) is 0 Å². The second-order valence-electron chi connectivity index (χ2n) is 6.38. The minimum absolute atomic E-state index is 0.546. The Morgan fingerprint density at radius 3 is 2.27 bits per heavy atom. The summed E-state index contributed by atoms with van der Waals surface area (Å²) in [6.07, 6.45) is 7.41. The summed E-state index contributed by atoms with van der Waals surface area (Å²) >= 11 is 0. The van der Waals surface area contributed by atoms with Crippen molar-refractivity contribution in [2.45, 2.75) is 52.4 Å². The Balaban J connectivity index is 1.75. The Morgan fingerprint density at radius 1 is 1.00 bits per heavy atom. The van der Waals surface area contributed by atoms with Crippen molar-refractivity contribution in [2.24, 2.45) is 5.92 Å². The predicted octanol–water partition coefficient (Wildman–Crippen LogP) is 3.33.